The van der Waals surface area contributed by atoms with E-state index in [0.29, 0.717) is 37.3 Å². The molecular formula is C38H52F2N4O3. The van der Waals surface area contributed by atoms with Gasteiger partial charge < -0.3 is 20.6 Å². The number of aryl methyl sites for hydroxylation is 1. The van der Waals surface area contributed by atoms with Gasteiger partial charge in [-0.15, -0.1) is 0 Å². The van der Waals surface area contributed by atoms with Crippen molar-refractivity contribution in [1.29, 1.82) is 0 Å². The van der Waals surface area contributed by atoms with Gasteiger partial charge in [0, 0.05) is 49.9 Å². The first-order valence-corrected chi connectivity index (χ1v) is 17.0. The van der Waals surface area contributed by atoms with Crippen molar-refractivity contribution < 1.29 is 23.5 Å². The number of hydrogen-bond acceptors (Lipinski definition) is 5. The zero-order chi connectivity index (χ0) is 34.3. The summed E-state index contributed by atoms with van der Waals surface area (Å²) in [5.74, 6) is -2.07. The lowest BCUT2D eigenvalue weighted by Gasteiger charge is -2.26. The van der Waals surface area contributed by atoms with Crippen LogP contribution in [-0.2, 0) is 25.9 Å². The van der Waals surface area contributed by atoms with Crippen molar-refractivity contribution in [2.24, 2.45) is 0 Å². The van der Waals surface area contributed by atoms with Crippen LogP contribution in [-0.4, -0.2) is 71.6 Å². The number of rotatable bonds is 19. The molecule has 0 unspecified atom stereocenters. The summed E-state index contributed by atoms with van der Waals surface area (Å²) in [6.07, 6.45) is 1.46. The molecule has 0 saturated heterocycles. The largest absolute Gasteiger partial charge is 0.390 e. The van der Waals surface area contributed by atoms with Crippen molar-refractivity contribution in [2.45, 2.75) is 85.5 Å². The monoisotopic (exact) mass is 650 g/mol. The molecule has 0 saturated carbocycles. The average Bonchev–Trinajstić information content (AvgIpc) is 3.05. The Balaban J connectivity index is 1.91. The van der Waals surface area contributed by atoms with Crippen molar-refractivity contribution in [3.63, 3.8) is 0 Å². The minimum absolute atomic E-state index is 0.000288. The Bertz CT molecular complexity index is 1420. The third-order valence-electron chi connectivity index (χ3n) is 8.32. The quantitative estimate of drug-likeness (QED) is 0.146. The lowest BCUT2D eigenvalue weighted by Crippen LogP contribution is -2.48. The highest BCUT2D eigenvalue weighted by atomic mass is 19.1. The van der Waals surface area contributed by atoms with Crippen LogP contribution in [0.1, 0.15) is 90.4 Å². The molecule has 0 fully saturated rings. The minimum atomic E-state index is -1.08. The Morgan fingerprint density at radius 3 is 2.04 bits per heavy atom. The number of halogens is 2. The standard InChI is InChI=1S/C38H52F2N4O3/c1-6-14-44(15-7-2)38(47)32-18-30(26-43(9-4)10-5)17-31(22-32)37(46)42-35(21-29-19-33(39)23-34(40)20-29)36(45)25-41-24-28-13-11-12-27(8-3)16-28/h11-13,16-20,22-23,35-36,41,45H,6-10,14-15,21,24-26H2,1-5H3,(H,42,46)/t35-,36+/m0/s1. The van der Waals surface area contributed by atoms with Gasteiger partial charge >= 0.3 is 0 Å². The summed E-state index contributed by atoms with van der Waals surface area (Å²) >= 11 is 0. The molecule has 47 heavy (non-hydrogen) atoms. The van der Waals surface area contributed by atoms with E-state index in [1.54, 1.807) is 12.1 Å². The van der Waals surface area contributed by atoms with E-state index in [9.17, 15) is 23.5 Å². The van der Waals surface area contributed by atoms with Gasteiger partial charge in [0.2, 0.25) is 0 Å². The number of nitrogens with zero attached hydrogens (tertiary/aromatic N) is 2. The van der Waals surface area contributed by atoms with Crippen LogP contribution in [0, 0.1) is 11.6 Å². The third kappa shape index (κ3) is 11.8. The Labute approximate surface area is 279 Å². The number of hydrogen-bond donors (Lipinski definition) is 3. The molecule has 3 aromatic rings. The molecule has 0 aromatic heterocycles. The van der Waals surface area contributed by atoms with Crippen LogP contribution in [0.15, 0.2) is 60.7 Å². The van der Waals surface area contributed by atoms with Crippen LogP contribution in [0.25, 0.3) is 0 Å². The van der Waals surface area contributed by atoms with Gasteiger partial charge in [-0.3, -0.25) is 14.5 Å². The molecule has 9 heteroatoms. The molecule has 0 heterocycles. The van der Waals surface area contributed by atoms with Gasteiger partial charge in [0.15, 0.2) is 0 Å². The summed E-state index contributed by atoms with van der Waals surface area (Å²) in [7, 11) is 0. The van der Waals surface area contributed by atoms with Crippen molar-refractivity contribution in [1.82, 2.24) is 20.4 Å². The van der Waals surface area contributed by atoms with Crippen molar-refractivity contribution in [2.75, 3.05) is 32.7 Å². The van der Waals surface area contributed by atoms with Crippen LogP contribution in [0.5, 0.6) is 0 Å². The highest BCUT2D eigenvalue weighted by Crippen LogP contribution is 2.18. The highest BCUT2D eigenvalue weighted by Gasteiger charge is 2.25. The lowest BCUT2D eigenvalue weighted by molar-refractivity contribution is 0.0755. The number of carbonyl (C=O) groups excluding carboxylic acids is 2. The lowest BCUT2D eigenvalue weighted by atomic mass is 9.99. The van der Waals surface area contributed by atoms with Gasteiger partial charge in [-0.05, 0) is 91.4 Å². The van der Waals surface area contributed by atoms with Crippen molar-refractivity contribution >= 4 is 11.8 Å². The van der Waals surface area contributed by atoms with Crippen LogP contribution in [0.4, 0.5) is 8.78 Å². The summed E-state index contributed by atoms with van der Waals surface area (Å²) in [6.45, 7) is 14.3. The molecule has 7 nitrogen and oxygen atoms in total. The topological polar surface area (TPSA) is 84.9 Å². The van der Waals surface area contributed by atoms with E-state index in [1.165, 1.54) is 17.7 Å². The highest BCUT2D eigenvalue weighted by molar-refractivity contribution is 6.00. The van der Waals surface area contributed by atoms with E-state index in [-0.39, 0.29) is 24.4 Å². The molecule has 0 aliphatic heterocycles. The van der Waals surface area contributed by atoms with E-state index in [2.05, 4.69) is 48.4 Å². The molecule has 256 valence electrons. The van der Waals surface area contributed by atoms with Crippen LogP contribution < -0.4 is 10.6 Å². The molecule has 2 amide bonds. The molecule has 2 atom stereocenters. The van der Waals surface area contributed by atoms with Gasteiger partial charge in [-0.1, -0.05) is 58.9 Å². The fourth-order valence-electron chi connectivity index (χ4n) is 5.76. The first kappa shape index (κ1) is 37.8. The van der Waals surface area contributed by atoms with E-state index >= 15 is 0 Å². The third-order valence-corrected chi connectivity index (χ3v) is 8.32. The van der Waals surface area contributed by atoms with E-state index in [4.69, 9.17) is 0 Å². The second-order valence-corrected chi connectivity index (χ2v) is 12.1. The number of nitrogens with one attached hydrogen (secondary N) is 2. The van der Waals surface area contributed by atoms with E-state index in [0.717, 1.165) is 49.5 Å². The van der Waals surface area contributed by atoms with Gasteiger partial charge in [-0.25, -0.2) is 8.78 Å². The van der Waals surface area contributed by atoms with Gasteiger partial charge in [0.05, 0.1) is 12.1 Å². The maximum atomic E-state index is 14.1. The molecule has 3 N–H and O–H groups in total. The maximum Gasteiger partial charge on any atom is 0.253 e. The summed E-state index contributed by atoms with van der Waals surface area (Å²) in [6, 6.07) is 15.7. The Hall–Kier alpha value is -3.66. The zero-order valence-corrected chi connectivity index (χ0v) is 28.6. The van der Waals surface area contributed by atoms with Gasteiger partial charge in [0.25, 0.3) is 11.8 Å². The van der Waals surface area contributed by atoms with Gasteiger partial charge in [0.1, 0.15) is 11.6 Å². The fourth-order valence-corrected chi connectivity index (χ4v) is 5.76. The second kappa shape index (κ2) is 19.2. The molecule has 0 aliphatic carbocycles. The second-order valence-electron chi connectivity index (χ2n) is 12.1. The Morgan fingerprint density at radius 1 is 0.787 bits per heavy atom. The predicted octanol–water partition coefficient (Wildman–Crippen LogP) is 6.12. The Kier molecular flexibility index (Phi) is 15.5. The van der Waals surface area contributed by atoms with Crippen LogP contribution in [0.2, 0.25) is 0 Å². The SMILES string of the molecule is CCCN(CCC)C(=O)c1cc(CN(CC)CC)cc(C(=O)N[C@@H](Cc2cc(F)cc(F)c2)[C@H](O)CNCc2cccc(CC)c2)c1. The molecule has 0 aliphatic rings. The summed E-state index contributed by atoms with van der Waals surface area (Å²) in [5, 5.41) is 17.5. The van der Waals surface area contributed by atoms with Crippen LogP contribution >= 0.6 is 0 Å². The first-order valence-electron chi connectivity index (χ1n) is 17.0. The van der Waals surface area contributed by atoms with Crippen molar-refractivity contribution in [3.05, 3.63) is 106 Å². The maximum absolute atomic E-state index is 14.1. The zero-order valence-electron chi connectivity index (χ0n) is 28.6. The first-order chi connectivity index (χ1) is 22.6. The molecule has 3 rings (SSSR count). The van der Waals surface area contributed by atoms with Crippen LogP contribution in [0.3, 0.4) is 0 Å². The molecule has 0 bridgehead atoms. The summed E-state index contributed by atoms with van der Waals surface area (Å²) in [4.78, 5) is 31.6. The number of benzene rings is 3. The molecular weight excluding hydrogens is 598 g/mol. The van der Waals surface area contributed by atoms with Gasteiger partial charge in [-0.2, -0.15) is 0 Å². The summed E-state index contributed by atoms with van der Waals surface area (Å²) in [5.41, 5.74) is 4.13. The van der Waals surface area contributed by atoms with E-state index < -0.39 is 29.7 Å². The predicted molar refractivity (Wildman–Crippen MR) is 184 cm³/mol. The smallest absolute Gasteiger partial charge is 0.253 e. The molecule has 0 spiro atoms. The molecule has 0 radical (unpaired) electrons. The fraction of sp³-hybridized carbons (Fsp3) is 0.474. The Morgan fingerprint density at radius 2 is 1.43 bits per heavy atom. The average molecular weight is 651 g/mol. The van der Waals surface area contributed by atoms with Crippen molar-refractivity contribution in [3.8, 4) is 0 Å². The number of carbonyl (C=O) groups is 2. The number of amides is 2. The van der Waals surface area contributed by atoms with E-state index in [1.807, 2.05) is 36.9 Å². The molecule has 3 aromatic carbocycles. The summed E-state index contributed by atoms with van der Waals surface area (Å²) < 4.78 is 28.2. The number of aliphatic hydroxyl groups excluding tert-OH is 1. The number of aliphatic hydroxyl groups is 1. The minimum Gasteiger partial charge on any atom is -0.390 e. The normalized spacial score (nSPS) is 12.6.